The number of thioether (sulfide) groups is 1. The molecule has 1 aromatic heterocycles. The van der Waals surface area contributed by atoms with Crippen molar-refractivity contribution in [3.8, 4) is 5.69 Å². The fraction of sp³-hybridized carbons (Fsp3) is 0.348. The summed E-state index contributed by atoms with van der Waals surface area (Å²) in [5, 5.41) is 12.5. The van der Waals surface area contributed by atoms with Gasteiger partial charge in [0.05, 0.1) is 5.75 Å². The number of carbonyl (C=O) groups is 1. The first kappa shape index (κ1) is 21.1. The summed E-state index contributed by atoms with van der Waals surface area (Å²) in [4.78, 5) is 12.0. The van der Waals surface area contributed by atoms with Gasteiger partial charge in [-0.3, -0.25) is 9.36 Å². The van der Waals surface area contributed by atoms with Crippen LogP contribution < -0.4 is 5.32 Å². The van der Waals surface area contributed by atoms with Crippen LogP contribution in [0.15, 0.2) is 53.7 Å². The number of nitrogens with zero attached hydrogens (tertiary/aromatic N) is 3. The van der Waals surface area contributed by atoms with Crippen molar-refractivity contribution in [3.63, 3.8) is 0 Å². The van der Waals surface area contributed by atoms with Crippen molar-refractivity contribution in [2.24, 2.45) is 0 Å². The third kappa shape index (κ3) is 5.70. The Bertz CT molecular complexity index is 953. The molecule has 0 aliphatic carbocycles. The van der Waals surface area contributed by atoms with E-state index in [4.69, 9.17) is 0 Å². The molecule has 2 aromatic carbocycles. The lowest BCUT2D eigenvalue weighted by Crippen LogP contribution is -2.25. The standard InChI is InChI=1S/C23H28N4OS/c1-4-14-24-22(28)16-29-23-26-25-21(13-11-19-8-6-5-7-9-19)27(23)20-12-10-17(2)18(3)15-20/h5-10,12,15H,4,11,13-14,16H2,1-3H3,(H,24,28). The summed E-state index contributed by atoms with van der Waals surface area (Å²) in [7, 11) is 0. The molecule has 5 nitrogen and oxygen atoms in total. The van der Waals surface area contributed by atoms with Crippen molar-refractivity contribution in [2.45, 2.75) is 45.2 Å². The van der Waals surface area contributed by atoms with Crippen LogP contribution in [0.2, 0.25) is 0 Å². The minimum atomic E-state index is 0.0253. The van der Waals surface area contributed by atoms with E-state index >= 15 is 0 Å². The molecule has 152 valence electrons. The summed E-state index contributed by atoms with van der Waals surface area (Å²) >= 11 is 1.43. The molecule has 0 spiro atoms. The highest BCUT2D eigenvalue weighted by atomic mass is 32.2. The van der Waals surface area contributed by atoms with Gasteiger partial charge in [0.2, 0.25) is 5.91 Å². The number of amides is 1. The molecule has 1 heterocycles. The van der Waals surface area contributed by atoms with Crippen LogP contribution in [0.5, 0.6) is 0 Å². The number of nitrogens with one attached hydrogen (secondary N) is 1. The summed E-state index contributed by atoms with van der Waals surface area (Å²) in [6, 6.07) is 16.8. The van der Waals surface area contributed by atoms with Gasteiger partial charge < -0.3 is 5.32 Å². The minimum Gasteiger partial charge on any atom is -0.355 e. The average Bonchev–Trinajstić information content (AvgIpc) is 3.14. The van der Waals surface area contributed by atoms with Crippen molar-refractivity contribution >= 4 is 17.7 Å². The second kappa shape index (κ2) is 10.3. The lowest BCUT2D eigenvalue weighted by Gasteiger charge is -2.12. The number of rotatable bonds is 9. The van der Waals surface area contributed by atoms with Crippen LogP contribution in [0, 0.1) is 13.8 Å². The maximum Gasteiger partial charge on any atom is 0.230 e. The normalized spacial score (nSPS) is 10.9. The Morgan fingerprint density at radius 3 is 2.55 bits per heavy atom. The molecule has 0 aliphatic rings. The molecule has 29 heavy (non-hydrogen) atoms. The lowest BCUT2D eigenvalue weighted by atomic mass is 10.1. The third-order valence-electron chi connectivity index (χ3n) is 4.83. The Labute approximate surface area is 176 Å². The Hall–Kier alpha value is -2.60. The van der Waals surface area contributed by atoms with Gasteiger partial charge in [0.25, 0.3) is 0 Å². The third-order valence-corrected chi connectivity index (χ3v) is 5.76. The van der Waals surface area contributed by atoms with Crippen LogP contribution in [0.1, 0.15) is 35.9 Å². The van der Waals surface area contributed by atoms with E-state index in [1.165, 1.54) is 28.5 Å². The van der Waals surface area contributed by atoms with Crippen LogP contribution in [-0.4, -0.2) is 33.0 Å². The van der Waals surface area contributed by atoms with Crippen molar-refractivity contribution in [3.05, 3.63) is 71.0 Å². The molecule has 0 saturated heterocycles. The Morgan fingerprint density at radius 2 is 1.83 bits per heavy atom. The Morgan fingerprint density at radius 1 is 1.03 bits per heavy atom. The molecule has 0 fully saturated rings. The molecular formula is C23H28N4OS. The van der Waals surface area contributed by atoms with E-state index in [1.807, 2.05) is 13.0 Å². The number of carbonyl (C=O) groups excluding carboxylic acids is 1. The number of aryl methyl sites for hydroxylation is 4. The number of hydrogen-bond donors (Lipinski definition) is 1. The molecule has 0 bridgehead atoms. The van der Waals surface area contributed by atoms with E-state index in [1.54, 1.807) is 0 Å². The minimum absolute atomic E-state index is 0.0253. The molecule has 3 aromatic rings. The second-order valence-electron chi connectivity index (χ2n) is 7.13. The highest BCUT2D eigenvalue weighted by Gasteiger charge is 2.16. The van der Waals surface area contributed by atoms with Gasteiger partial charge in [-0.1, -0.05) is 55.1 Å². The molecule has 0 saturated carbocycles. The maximum atomic E-state index is 12.0. The Kier molecular flexibility index (Phi) is 7.47. The quantitative estimate of drug-likeness (QED) is 0.537. The predicted octanol–water partition coefficient (Wildman–Crippen LogP) is 4.29. The van der Waals surface area contributed by atoms with E-state index in [2.05, 4.69) is 76.4 Å². The molecular weight excluding hydrogens is 380 g/mol. The van der Waals surface area contributed by atoms with E-state index in [-0.39, 0.29) is 5.91 Å². The van der Waals surface area contributed by atoms with Crippen LogP contribution >= 0.6 is 11.8 Å². The first-order valence-corrected chi connectivity index (χ1v) is 11.0. The average molecular weight is 409 g/mol. The van der Waals surface area contributed by atoms with Crippen molar-refractivity contribution in [1.82, 2.24) is 20.1 Å². The number of benzene rings is 2. The topological polar surface area (TPSA) is 59.8 Å². The second-order valence-corrected chi connectivity index (χ2v) is 8.07. The monoisotopic (exact) mass is 408 g/mol. The largest absolute Gasteiger partial charge is 0.355 e. The van der Waals surface area contributed by atoms with Crippen LogP contribution in [0.3, 0.4) is 0 Å². The molecule has 0 aliphatic heterocycles. The lowest BCUT2D eigenvalue weighted by molar-refractivity contribution is -0.118. The van der Waals surface area contributed by atoms with Crippen LogP contribution in [0.25, 0.3) is 5.69 Å². The maximum absolute atomic E-state index is 12.0. The van der Waals surface area contributed by atoms with Crippen molar-refractivity contribution in [2.75, 3.05) is 12.3 Å². The van der Waals surface area contributed by atoms with Gasteiger partial charge in [0, 0.05) is 18.7 Å². The van der Waals surface area contributed by atoms with E-state index < -0.39 is 0 Å². The molecule has 1 amide bonds. The van der Waals surface area contributed by atoms with Crippen LogP contribution in [0.4, 0.5) is 0 Å². The van der Waals surface area contributed by atoms with Gasteiger partial charge >= 0.3 is 0 Å². The van der Waals surface area contributed by atoms with E-state index in [9.17, 15) is 4.79 Å². The first-order chi connectivity index (χ1) is 14.1. The first-order valence-electron chi connectivity index (χ1n) is 10.0. The van der Waals surface area contributed by atoms with E-state index in [0.29, 0.717) is 12.3 Å². The number of hydrogen-bond acceptors (Lipinski definition) is 4. The zero-order chi connectivity index (χ0) is 20.6. The molecule has 0 unspecified atom stereocenters. The molecule has 0 radical (unpaired) electrons. The van der Waals surface area contributed by atoms with Crippen molar-refractivity contribution < 1.29 is 4.79 Å². The molecule has 0 atom stereocenters. The van der Waals surface area contributed by atoms with Gasteiger partial charge in [-0.2, -0.15) is 0 Å². The fourth-order valence-corrected chi connectivity index (χ4v) is 3.83. The van der Waals surface area contributed by atoms with Gasteiger partial charge in [-0.05, 0) is 55.5 Å². The zero-order valence-electron chi connectivity index (χ0n) is 17.3. The fourth-order valence-electron chi connectivity index (χ4n) is 3.03. The summed E-state index contributed by atoms with van der Waals surface area (Å²) in [6.45, 7) is 6.96. The highest BCUT2D eigenvalue weighted by molar-refractivity contribution is 7.99. The molecule has 1 N–H and O–H groups in total. The number of aromatic nitrogens is 3. The van der Waals surface area contributed by atoms with Gasteiger partial charge in [-0.25, -0.2) is 0 Å². The smallest absolute Gasteiger partial charge is 0.230 e. The van der Waals surface area contributed by atoms with E-state index in [0.717, 1.165) is 35.9 Å². The van der Waals surface area contributed by atoms with Gasteiger partial charge in [0.15, 0.2) is 5.16 Å². The predicted molar refractivity (Wildman–Crippen MR) is 119 cm³/mol. The molecule has 6 heteroatoms. The van der Waals surface area contributed by atoms with Gasteiger partial charge in [0.1, 0.15) is 5.82 Å². The van der Waals surface area contributed by atoms with Crippen LogP contribution in [-0.2, 0) is 17.6 Å². The highest BCUT2D eigenvalue weighted by Crippen LogP contribution is 2.24. The SMILES string of the molecule is CCCNC(=O)CSc1nnc(CCc2ccccc2)n1-c1ccc(C)c(C)c1. The zero-order valence-corrected chi connectivity index (χ0v) is 18.1. The van der Waals surface area contributed by atoms with Gasteiger partial charge in [-0.15, -0.1) is 10.2 Å². The summed E-state index contributed by atoms with van der Waals surface area (Å²) in [6.07, 6.45) is 2.61. The summed E-state index contributed by atoms with van der Waals surface area (Å²) in [5.41, 5.74) is 4.79. The Balaban J connectivity index is 1.84. The molecule has 3 rings (SSSR count). The summed E-state index contributed by atoms with van der Waals surface area (Å²) in [5.74, 6) is 1.27. The van der Waals surface area contributed by atoms with Crippen molar-refractivity contribution in [1.29, 1.82) is 0 Å². The summed E-state index contributed by atoms with van der Waals surface area (Å²) < 4.78 is 2.09.